The molecule has 2 fully saturated rings. The van der Waals surface area contributed by atoms with Gasteiger partial charge in [0.2, 0.25) is 5.91 Å². The van der Waals surface area contributed by atoms with Crippen molar-refractivity contribution in [3.05, 3.63) is 0 Å². The van der Waals surface area contributed by atoms with Gasteiger partial charge >= 0.3 is 0 Å². The van der Waals surface area contributed by atoms with Crippen LogP contribution in [-0.2, 0) is 4.79 Å². The van der Waals surface area contributed by atoms with E-state index in [1.807, 2.05) is 0 Å². The first kappa shape index (κ1) is 9.97. The van der Waals surface area contributed by atoms with Crippen LogP contribution in [0.3, 0.4) is 0 Å². The predicted molar refractivity (Wildman–Crippen MR) is 55.7 cm³/mol. The quantitative estimate of drug-likeness (QED) is 0.735. The van der Waals surface area contributed by atoms with Crippen molar-refractivity contribution in [2.75, 3.05) is 13.1 Å². The highest BCUT2D eigenvalue weighted by atomic mass is 16.1. The molecule has 1 amide bonds. The molecule has 1 aliphatic carbocycles. The van der Waals surface area contributed by atoms with Crippen molar-refractivity contribution in [2.45, 2.75) is 44.6 Å². The van der Waals surface area contributed by atoms with Gasteiger partial charge in [-0.3, -0.25) is 9.69 Å². The van der Waals surface area contributed by atoms with Gasteiger partial charge in [0.25, 0.3) is 0 Å². The van der Waals surface area contributed by atoms with E-state index in [1.165, 1.54) is 25.7 Å². The van der Waals surface area contributed by atoms with Crippen molar-refractivity contribution in [1.29, 1.82) is 0 Å². The zero-order chi connectivity index (χ0) is 9.97. The first-order valence-corrected chi connectivity index (χ1v) is 5.81. The van der Waals surface area contributed by atoms with Gasteiger partial charge in [-0.1, -0.05) is 12.8 Å². The Balaban J connectivity index is 1.94. The van der Waals surface area contributed by atoms with Gasteiger partial charge in [-0.2, -0.15) is 0 Å². The highest BCUT2D eigenvalue weighted by Gasteiger charge is 2.31. The van der Waals surface area contributed by atoms with Crippen LogP contribution in [0.25, 0.3) is 0 Å². The molecule has 14 heavy (non-hydrogen) atoms. The van der Waals surface area contributed by atoms with E-state index in [0.29, 0.717) is 0 Å². The number of hydrogen-bond donors (Lipinski definition) is 1. The molecule has 80 valence electrons. The first-order valence-electron chi connectivity index (χ1n) is 5.81. The Bertz CT molecular complexity index is 213. The van der Waals surface area contributed by atoms with Crippen LogP contribution in [0, 0.1) is 5.92 Å². The molecule has 1 heterocycles. The van der Waals surface area contributed by atoms with Gasteiger partial charge in [0, 0.05) is 6.54 Å². The van der Waals surface area contributed by atoms with E-state index < -0.39 is 0 Å². The third kappa shape index (κ3) is 2.47. The summed E-state index contributed by atoms with van der Waals surface area (Å²) in [7, 11) is 0. The average Bonchev–Trinajstić information content (AvgIpc) is 2.92. The standard InChI is InChI=1S/C11H20N2O/c12-11(14)10-4-2-1-3-7-13(10)8-9-5-6-9/h9-10H,1-8H2,(H2,12,14). The molecule has 1 saturated carbocycles. The van der Waals surface area contributed by atoms with Crippen LogP contribution in [0.2, 0.25) is 0 Å². The fourth-order valence-electron chi connectivity index (χ4n) is 2.34. The number of likely N-dealkylation sites (tertiary alicyclic amines) is 1. The van der Waals surface area contributed by atoms with Crippen LogP contribution >= 0.6 is 0 Å². The van der Waals surface area contributed by atoms with Crippen LogP contribution in [0.15, 0.2) is 0 Å². The Morgan fingerprint density at radius 1 is 1.21 bits per heavy atom. The summed E-state index contributed by atoms with van der Waals surface area (Å²) in [6.07, 6.45) is 7.32. The molecule has 0 aromatic carbocycles. The minimum Gasteiger partial charge on any atom is -0.368 e. The van der Waals surface area contributed by atoms with Crippen molar-refractivity contribution in [2.24, 2.45) is 11.7 Å². The molecule has 0 spiro atoms. The molecule has 2 N–H and O–H groups in total. The molecule has 0 bridgehead atoms. The maximum atomic E-state index is 11.3. The fourth-order valence-corrected chi connectivity index (χ4v) is 2.34. The molecule has 0 aromatic rings. The summed E-state index contributed by atoms with van der Waals surface area (Å²) in [6, 6.07) is 0.0260. The molecule has 1 atom stereocenters. The topological polar surface area (TPSA) is 46.3 Å². The Morgan fingerprint density at radius 3 is 2.64 bits per heavy atom. The van der Waals surface area contributed by atoms with E-state index in [2.05, 4.69) is 4.90 Å². The van der Waals surface area contributed by atoms with Gasteiger partial charge in [0.15, 0.2) is 0 Å². The summed E-state index contributed by atoms with van der Waals surface area (Å²) in [5, 5.41) is 0. The summed E-state index contributed by atoms with van der Waals surface area (Å²) < 4.78 is 0. The average molecular weight is 196 g/mol. The van der Waals surface area contributed by atoms with Gasteiger partial charge in [-0.15, -0.1) is 0 Å². The minimum atomic E-state index is -0.118. The maximum Gasteiger partial charge on any atom is 0.234 e. The second-order valence-corrected chi connectivity index (χ2v) is 4.71. The van der Waals surface area contributed by atoms with Crippen LogP contribution in [0.1, 0.15) is 38.5 Å². The number of carbonyl (C=O) groups excluding carboxylic acids is 1. The fraction of sp³-hybridized carbons (Fsp3) is 0.909. The smallest absolute Gasteiger partial charge is 0.234 e. The van der Waals surface area contributed by atoms with E-state index in [1.54, 1.807) is 0 Å². The van der Waals surface area contributed by atoms with Crippen molar-refractivity contribution < 1.29 is 4.79 Å². The SMILES string of the molecule is NC(=O)C1CCCCCN1CC1CC1. The minimum absolute atomic E-state index is 0.0260. The lowest BCUT2D eigenvalue weighted by Crippen LogP contribution is -2.45. The van der Waals surface area contributed by atoms with Gasteiger partial charge in [0.1, 0.15) is 0 Å². The highest BCUT2D eigenvalue weighted by Crippen LogP contribution is 2.31. The zero-order valence-electron chi connectivity index (χ0n) is 8.74. The lowest BCUT2D eigenvalue weighted by atomic mass is 10.1. The number of amides is 1. The van der Waals surface area contributed by atoms with E-state index in [4.69, 9.17) is 5.73 Å². The summed E-state index contributed by atoms with van der Waals surface area (Å²) in [5.74, 6) is 0.738. The lowest BCUT2D eigenvalue weighted by molar-refractivity contribution is -0.123. The largest absolute Gasteiger partial charge is 0.368 e. The molecule has 0 radical (unpaired) electrons. The van der Waals surface area contributed by atoms with Crippen LogP contribution < -0.4 is 5.73 Å². The van der Waals surface area contributed by atoms with Crippen molar-refractivity contribution >= 4 is 5.91 Å². The van der Waals surface area contributed by atoms with Gasteiger partial charge < -0.3 is 5.73 Å². The summed E-state index contributed by atoms with van der Waals surface area (Å²) in [4.78, 5) is 13.6. The molecule has 2 aliphatic rings. The van der Waals surface area contributed by atoms with Crippen LogP contribution in [0.5, 0.6) is 0 Å². The highest BCUT2D eigenvalue weighted by molar-refractivity contribution is 5.79. The number of nitrogens with zero attached hydrogens (tertiary/aromatic N) is 1. The Labute approximate surface area is 85.6 Å². The zero-order valence-corrected chi connectivity index (χ0v) is 8.74. The molecule has 3 heteroatoms. The number of primary amides is 1. The number of rotatable bonds is 3. The summed E-state index contributed by atoms with van der Waals surface area (Å²) >= 11 is 0. The Kier molecular flexibility index (Phi) is 3.06. The molecule has 1 aliphatic heterocycles. The Morgan fingerprint density at radius 2 is 2.00 bits per heavy atom. The summed E-state index contributed by atoms with van der Waals surface area (Å²) in [5.41, 5.74) is 5.44. The summed E-state index contributed by atoms with van der Waals surface area (Å²) in [6.45, 7) is 2.18. The maximum absolute atomic E-state index is 11.3. The number of nitrogens with two attached hydrogens (primary N) is 1. The number of hydrogen-bond acceptors (Lipinski definition) is 2. The number of carbonyl (C=O) groups is 1. The molecular weight excluding hydrogens is 176 g/mol. The second kappa shape index (κ2) is 4.30. The monoisotopic (exact) mass is 196 g/mol. The van der Waals surface area contributed by atoms with Crippen LogP contribution in [-0.4, -0.2) is 29.9 Å². The molecule has 3 nitrogen and oxygen atoms in total. The van der Waals surface area contributed by atoms with Gasteiger partial charge in [-0.05, 0) is 38.1 Å². The molecular formula is C11H20N2O. The van der Waals surface area contributed by atoms with Crippen LogP contribution in [0.4, 0.5) is 0 Å². The van der Waals surface area contributed by atoms with Gasteiger partial charge in [-0.25, -0.2) is 0 Å². The predicted octanol–water partition coefficient (Wildman–Crippen LogP) is 1.13. The van der Waals surface area contributed by atoms with Gasteiger partial charge in [0.05, 0.1) is 6.04 Å². The molecule has 2 rings (SSSR count). The van der Waals surface area contributed by atoms with E-state index in [-0.39, 0.29) is 11.9 Å². The normalized spacial score (nSPS) is 29.9. The third-order valence-electron chi connectivity index (χ3n) is 3.38. The molecule has 0 aromatic heterocycles. The third-order valence-corrected chi connectivity index (χ3v) is 3.38. The van der Waals surface area contributed by atoms with E-state index in [0.717, 1.165) is 31.8 Å². The van der Waals surface area contributed by atoms with E-state index >= 15 is 0 Å². The first-order chi connectivity index (χ1) is 6.77. The molecule has 1 unspecified atom stereocenters. The second-order valence-electron chi connectivity index (χ2n) is 4.71. The van der Waals surface area contributed by atoms with E-state index in [9.17, 15) is 4.79 Å². The van der Waals surface area contributed by atoms with Crippen molar-refractivity contribution in [3.63, 3.8) is 0 Å². The Hall–Kier alpha value is -0.570. The molecule has 1 saturated heterocycles. The van der Waals surface area contributed by atoms with Crippen molar-refractivity contribution in [3.8, 4) is 0 Å². The lowest BCUT2D eigenvalue weighted by Gasteiger charge is -2.27. The van der Waals surface area contributed by atoms with Crippen molar-refractivity contribution in [1.82, 2.24) is 4.90 Å².